The van der Waals surface area contributed by atoms with Crippen LogP contribution in [0.2, 0.25) is 0 Å². The normalized spacial score (nSPS) is 12.7. The van der Waals surface area contributed by atoms with Crippen LogP contribution in [0, 0.1) is 0 Å². The van der Waals surface area contributed by atoms with Gasteiger partial charge in [0.25, 0.3) is 0 Å². The summed E-state index contributed by atoms with van der Waals surface area (Å²) in [6.45, 7) is 4.81. The number of halogens is 4. The number of guanidine groups is 1. The molecule has 0 heterocycles. The number of hydrogen-bond donors (Lipinski definition) is 3. The molecule has 1 aromatic rings. The lowest BCUT2D eigenvalue weighted by Crippen LogP contribution is -2.40. The number of carbonyl (C=O) groups excluding carboxylic acids is 1. The molecule has 0 saturated carbocycles. The second kappa shape index (κ2) is 12.8. The molecule has 0 fully saturated rings. The van der Waals surface area contributed by atoms with Crippen LogP contribution in [0.1, 0.15) is 31.0 Å². The van der Waals surface area contributed by atoms with Crippen LogP contribution in [0.15, 0.2) is 29.3 Å². The van der Waals surface area contributed by atoms with E-state index in [1.165, 1.54) is 13.2 Å². The number of aliphatic imine (C=N–C) groups is 1. The first-order valence-electron chi connectivity index (χ1n) is 8.25. The smallest absolute Gasteiger partial charge is 0.383 e. The lowest BCUT2D eigenvalue weighted by atomic mass is 10.1. The minimum Gasteiger partial charge on any atom is -0.383 e. The van der Waals surface area contributed by atoms with Crippen molar-refractivity contribution >= 4 is 35.8 Å². The highest BCUT2D eigenvalue weighted by Gasteiger charge is 2.30. The van der Waals surface area contributed by atoms with Crippen LogP contribution in [0.4, 0.5) is 13.2 Å². The molecule has 154 valence electrons. The second-order valence-electron chi connectivity index (χ2n) is 5.53. The molecule has 0 spiro atoms. The molecular weight excluding hydrogens is 476 g/mol. The lowest BCUT2D eigenvalue weighted by molar-refractivity contribution is -0.137. The van der Waals surface area contributed by atoms with Gasteiger partial charge in [-0.1, -0.05) is 12.1 Å². The van der Waals surface area contributed by atoms with E-state index in [4.69, 9.17) is 4.74 Å². The number of ether oxygens (including phenoxy) is 1. The molecule has 1 amide bonds. The predicted octanol–water partition coefficient (Wildman–Crippen LogP) is 2.70. The summed E-state index contributed by atoms with van der Waals surface area (Å²) in [4.78, 5) is 15.8. The molecule has 3 N–H and O–H groups in total. The summed E-state index contributed by atoms with van der Waals surface area (Å²) in [5, 5.41) is 8.60. The summed E-state index contributed by atoms with van der Waals surface area (Å²) in [5.74, 6) is 0.0743. The highest BCUT2D eigenvalue weighted by atomic mass is 127. The van der Waals surface area contributed by atoms with Crippen LogP contribution >= 0.6 is 24.0 Å². The first-order chi connectivity index (χ1) is 12.3. The van der Waals surface area contributed by atoms with Crippen molar-refractivity contribution in [2.75, 3.05) is 33.4 Å². The highest BCUT2D eigenvalue weighted by Crippen LogP contribution is 2.30. The van der Waals surface area contributed by atoms with Crippen molar-refractivity contribution in [3.8, 4) is 0 Å². The van der Waals surface area contributed by atoms with E-state index < -0.39 is 17.8 Å². The number of rotatable bonds is 8. The van der Waals surface area contributed by atoms with Crippen molar-refractivity contribution in [3.05, 3.63) is 35.4 Å². The zero-order valence-corrected chi connectivity index (χ0v) is 17.9. The van der Waals surface area contributed by atoms with Gasteiger partial charge < -0.3 is 20.7 Å². The van der Waals surface area contributed by atoms with Crippen molar-refractivity contribution in [2.24, 2.45) is 4.99 Å². The summed E-state index contributed by atoms with van der Waals surface area (Å²) < 4.78 is 43.4. The Morgan fingerprint density at radius 2 is 2.00 bits per heavy atom. The molecular formula is C17H26F3IN4O2. The molecule has 0 saturated heterocycles. The Morgan fingerprint density at radius 3 is 2.59 bits per heavy atom. The quantitative estimate of drug-likeness (QED) is 0.221. The van der Waals surface area contributed by atoms with Crippen LogP contribution < -0.4 is 16.0 Å². The van der Waals surface area contributed by atoms with Crippen LogP contribution in [-0.4, -0.2) is 45.2 Å². The molecule has 0 radical (unpaired) electrons. The third-order valence-corrected chi connectivity index (χ3v) is 3.42. The van der Waals surface area contributed by atoms with Gasteiger partial charge in [-0.3, -0.25) is 4.79 Å². The topological polar surface area (TPSA) is 74.8 Å². The Kier molecular flexibility index (Phi) is 12.0. The van der Waals surface area contributed by atoms with Gasteiger partial charge in [0, 0.05) is 20.2 Å². The second-order valence-corrected chi connectivity index (χ2v) is 5.53. The van der Waals surface area contributed by atoms with Crippen molar-refractivity contribution in [2.45, 2.75) is 26.1 Å². The summed E-state index contributed by atoms with van der Waals surface area (Å²) in [6, 6.07) is 4.67. The molecule has 0 aliphatic rings. The van der Waals surface area contributed by atoms with Gasteiger partial charge in [-0.2, -0.15) is 13.2 Å². The molecule has 1 atom stereocenters. The van der Waals surface area contributed by atoms with Gasteiger partial charge >= 0.3 is 6.18 Å². The minimum atomic E-state index is -4.39. The van der Waals surface area contributed by atoms with Crippen LogP contribution in [0.25, 0.3) is 0 Å². The first-order valence-corrected chi connectivity index (χ1v) is 8.25. The maximum atomic E-state index is 12.8. The van der Waals surface area contributed by atoms with Crippen molar-refractivity contribution < 1.29 is 22.7 Å². The molecule has 0 bridgehead atoms. The van der Waals surface area contributed by atoms with E-state index in [2.05, 4.69) is 20.9 Å². The number of benzene rings is 1. The van der Waals surface area contributed by atoms with Gasteiger partial charge in [-0.25, -0.2) is 4.99 Å². The Morgan fingerprint density at radius 1 is 1.30 bits per heavy atom. The van der Waals surface area contributed by atoms with E-state index in [0.29, 0.717) is 31.2 Å². The van der Waals surface area contributed by atoms with E-state index in [0.717, 1.165) is 12.1 Å². The van der Waals surface area contributed by atoms with Gasteiger partial charge in [0.15, 0.2) is 5.96 Å². The summed E-state index contributed by atoms with van der Waals surface area (Å²) >= 11 is 0. The van der Waals surface area contributed by atoms with Crippen LogP contribution in [0.3, 0.4) is 0 Å². The fourth-order valence-corrected chi connectivity index (χ4v) is 2.09. The molecule has 0 aliphatic heterocycles. The maximum absolute atomic E-state index is 12.8. The third-order valence-electron chi connectivity index (χ3n) is 3.42. The lowest BCUT2D eigenvalue weighted by Gasteiger charge is -2.19. The van der Waals surface area contributed by atoms with E-state index in [9.17, 15) is 18.0 Å². The monoisotopic (exact) mass is 502 g/mol. The van der Waals surface area contributed by atoms with Gasteiger partial charge in [0.05, 0.1) is 18.2 Å². The minimum absolute atomic E-state index is 0. The van der Waals surface area contributed by atoms with Crippen molar-refractivity contribution in [1.29, 1.82) is 0 Å². The largest absolute Gasteiger partial charge is 0.416 e. The molecule has 1 aromatic carbocycles. The Balaban J connectivity index is 0.00000676. The zero-order chi connectivity index (χ0) is 19.6. The number of carbonyl (C=O) groups is 1. The van der Waals surface area contributed by atoms with Gasteiger partial charge in [-0.15, -0.1) is 24.0 Å². The van der Waals surface area contributed by atoms with Gasteiger partial charge in [0.2, 0.25) is 5.91 Å². The first kappa shape index (κ1) is 25.4. The van der Waals surface area contributed by atoms with E-state index in [-0.39, 0.29) is 36.4 Å². The summed E-state index contributed by atoms with van der Waals surface area (Å²) in [7, 11) is 1.53. The summed E-state index contributed by atoms with van der Waals surface area (Å²) in [5.41, 5.74) is -0.238. The molecule has 0 aromatic heterocycles. The average Bonchev–Trinajstić information content (AvgIpc) is 2.59. The summed E-state index contributed by atoms with van der Waals surface area (Å²) in [6.07, 6.45) is -4.39. The Bertz CT molecular complexity index is 612. The molecule has 0 aliphatic carbocycles. The number of nitrogens with one attached hydrogen (secondary N) is 3. The Hall–Kier alpha value is -1.56. The average molecular weight is 502 g/mol. The number of alkyl halides is 3. The highest BCUT2D eigenvalue weighted by molar-refractivity contribution is 14.0. The molecule has 6 nitrogen and oxygen atoms in total. The number of methoxy groups -OCH3 is 1. The van der Waals surface area contributed by atoms with Crippen molar-refractivity contribution in [3.63, 3.8) is 0 Å². The predicted molar refractivity (Wildman–Crippen MR) is 109 cm³/mol. The van der Waals surface area contributed by atoms with Gasteiger partial charge in [-0.05, 0) is 31.5 Å². The van der Waals surface area contributed by atoms with Gasteiger partial charge in [0.1, 0.15) is 6.54 Å². The third kappa shape index (κ3) is 9.80. The number of amides is 1. The van der Waals surface area contributed by atoms with Crippen LogP contribution in [0.5, 0.6) is 0 Å². The molecule has 1 unspecified atom stereocenters. The maximum Gasteiger partial charge on any atom is 0.416 e. The zero-order valence-electron chi connectivity index (χ0n) is 15.5. The fourth-order valence-electron chi connectivity index (χ4n) is 2.09. The van der Waals surface area contributed by atoms with Crippen LogP contribution in [-0.2, 0) is 15.7 Å². The number of nitrogens with zero attached hydrogens (tertiary/aromatic N) is 1. The van der Waals surface area contributed by atoms with Crippen molar-refractivity contribution in [1.82, 2.24) is 16.0 Å². The molecule has 10 heteroatoms. The standard InChI is InChI=1S/C17H25F3N4O2.HI/c1-4-21-16(23-11-15(25)22-8-9-26-3)24-12(2)13-6-5-7-14(10-13)17(18,19)20;/h5-7,10,12H,4,8-9,11H2,1-3H3,(H,22,25)(H2,21,23,24);1H. The fraction of sp³-hybridized carbons (Fsp3) is 0.529. The van der Waals surface area contributed by atoms with E-state index in [1.54, 1.807) is 13.0 Å². The van der Waals surface area contributed by atoms with E-state index >= 15 is 0 Å². The van der Waals surface area contributed by atoms with E-state index in [1.807, 2.05) is 6.92 Å². The SMILES string of the molecule is CCNC(=NCC(=O)NCCOC)NC(C)c1cccc(C(F)(F)F)c1.I. The Labute approximate surface area is 174 Å². The molecule has 27 heavy (non-hydrogen) atoms. The molecule has 1 rings (SSSR count). The number of hydrogen-bond acceptors (Lipinski definition) is 3.